The van der Waals surface area contributed by atoms with Gasteiger partial charge in [0.15, 0.2) is 11.5 Å². The Hall–Kier alpha value is -5.05. The summed E-state index contributed by atoms with van der Waals surface area (Å²) in [6.07, 6.45) is 3.76. The molecule has 0 radical (unpaired) electrons. The van der Waals surface area contributed by atoms with Crippen LogP contribution in [-0.4, -0.2) is 46.7 Å². The minimum Gasteiger partial charge on any atom is -0.493 e. The Kier molecular flexibility index (Phi) is 8.10. The lowest BCUT2D eigenvalue weighted by Gasteiger charge is -2.15. The van der Waals surface area contributed by atoms with Gasteiger partial charge in [0.25, 0.3) is 5.91 Å². The maximum atomic E-state index is 13.2. The van der Waals surface area contributed by atoms with E-state index < -0.39 is 17.9 Å². The van der Waals surface area contributed by atoms with Crippen LogP contribution in [0.25, 0.3) is 10.9 Å². The zero-order valence-electron chi connectivity index (χ0n) is 22.3. The van der Waals surface area contributed by atoms with E-state index in [1.807, 2.05) is 71.4 Å². The summed E-state index contributed by atoms with van der Waals surface area (Å²) in [7, 11) is 2.86. The standard InChI is InChI=1S/C31H30N4O5/c1-38-28-14-23-13-26(33-25(23)16-29(28)40-19-22-11-7-4-8-12-22)30(36)34-27(31(37)39-2)15-24-18-35(20-32-24)17-21-9-5-3-6-10-21/h3-14,16,18,20,27,33H,15,17,19H2,1-2H3,(H,34,36)/t27-/m1/s1. The van der Waals surface area contributed by atoms with Gasteiger partial charge in [0, 0.05) is 36.1 Å². The minimum atomic E-state index is -0.914. The molecule has 2 N–H and O–H groups in total. The van der Waals surface area contributed by atoms with E-state index in [0.29, 0.717) is 41.6 Å². The van der Waals surface area contributed by atoms with E-state index in [4.69, 9.17) is 14.2 Å². The highest BCUT2D eigenvalue weighted by molar-refractivity contribution is 6.00. The molecule has 5 aromatic rings. The van der Waals surface area contributed by atoms with Gasteiger partial charge in [-0.05, 0) is 23.3 Å². The van der Waals surface area contributed by atoms with E-state index in [0.717, 1.165) is 16.5 Å². The number of hydrogen-bond donors (Lipinski definition) is 2. The van der Waals surface area contributed by atoms with Crippen molar-refractivity contribution < 1.29 is 23.8 Å². The monoisotopic (exact) mass is 538 g/mol. The molecule has 0 aliphatic heterocycles. The number of benzene rings is 3. The van der Waals surface area contributed by atoms with Gasteiger partial charge in [-0.15, -0.1) is 0 Å². The second-order valence-corrected chi connectivity index (χ2v) is 9.32. The van der Waals surface area contributed by atoms with E-state index >= 15 is 0 Å². The summed E-state index contributed by atoms with van der Waals surface area (Å²) in [5.41, 5.74) is 3.81. The number of rotatable bonds is 11. The van der Waals surface area contributed by atoms with E-state index in [9.17, 15) is 9.59 Å². The van der Waals surface area contributed by atoms with Gasteiger partial charge in [0.05, 0.1) is 26.2 Å². The molecule has 5 rings (SSSR count). The number of methoxy groups -OCH3 is 2. The predicted octanol–water partition coefficient (Wildman–Crippen LogP) is 4.51. The highest BCUT2D eigenvalue weighted by Gasteiger charge is 2.25. The van der Waals surface area contributed by atoms with Crippen molar-refractivity contribution in [3.63, 3.8) is 0 Å². The van der Waals surface area contributed by atoms with Crippen LogP contribution in [-0.2, 0) is 29.1 Å². The highest BCUT2D eigenvalue weighted by atomic mass is 16.5. The zero-order chi connectivity index (χ0) is 27.9. The van der Waals surface area contributed by atoms with Crippen molar-refractivity contribution in [2.45, 2.75) is 25.6 Å². The van der Waals surface area contributed by atoms with Crippen LogP contribution in [0.2, 0.25) is 0 Å². The number of hydrogen-bond acceptors (Lipinski definition) is 6. The summed E-state index contributed by atoms with van der Waals surface area (Å²) < 4.78 is 18.4. The quantitative estimate of drug-likeness (QED) is 0.240. The smallest absolute Gasteiger partial charge is 0.328 e. The average molecular weight is 539 g/mol. The Morgan fingerprint density at radius 2 is 1.68 bits per heavy atom. The van der Waals surface area contributed by atoms with Crippen molar-refractivity contribution in [3.8, 4) is 11.5 Å². The molecule has 1 amide bonds. The molecule has 0 spiro atoms. The first-order valence-corrected chi connectivity index (χ1v) is 12.8. The summed E-state index contributed by atoms with van der Waals surface area (Å²) in [6, 6.07) is 24.2. The number of carbonyl (C=O) groups is 2. The number of fused-ring (bicyclic) bond motifs is 1. The minimum absolute atomic E-state index is 0.186. The zero-order valence-corrected chi connectivity index (χ0v) is 22.3. The summed E-state index contributed by atoms with van der Waals surface area (Å²) in [6.45, 7) is 1.03. The highest BCUT2D eigenvalue weighted by Crippen LogP contribution is 2.33. The lowest BCUT2D eigenvalue weighted by atomic mass is 10.1. The van der Waals surface area contributed by atoms with E-state index in [1.165, 1.54) is 7.11 Å². The molecule has 40 heavy (non-hydrogen) atoms. The molecule has 1 atom stereocenters. The number of aromatic nitrogens is 3. The summed E-state index contributed by atoms with van der Waals surface area (Å²) in [4.78, 5) is 33.3. The largest absolute Gasteiger partial charge is 0.493 e. The van der Waals surface area contributed by atoms with E-state index in [2.05, 4.69) is 15.3 Å². The van der Waals surface area contributed by atoms with Crippen molar-refractivity contribution in [3.05, 3.63) is 114 Å². The molecule has 0 aliphatic carbocycles. The third kappa shape index (κ3) is 6.32. The number of amides is 1. The van der Waals surface area contributed by atoms with Crippen LogP contribution >= 0.6 is 0 Å². The number of carbonyl (C=O) groups excluding carboxylic acids is 2. The van der Waals surface area contributed by atoms with Gasteiger partial charge in [-0.1, -0.05) is 60.7 Å². The Morgan fingerprint density at radius 1 is 0.950 bits per heavy atom. The third-order valence-electron chi connectivity index (χ3n) is 6.49. The molecule has 0 bridgehead atoms. The van der Waals surface area contributed by atoms with Crippen LogP contribution < -0.4 is 14.8 Å². The maximum Gasteiger partial charge on any atom is 0.328 e. The van der Waals surface area contributed by atoms with Crippen LogP contribution in [0, 0.1) is 0 Å². The number of nitrogens with zero attached hydrogens (tertiary/aromatic N) is 2. The number of imidazole rings is 1. The van der Waals surface area contributed by atoms with Gasteiger partial charge in [0.2, 0.25) is 0 Å². The first kappa shape index (κ1) is 26.6. The first-order valence-electron chi connectivity index (χ1n) is 12.8. The van der Waals surface area contributed by atoms with Crippen molar-refractivity contribution in [1.82, 2.24) is 19.9 Å². The Morgan fingerprint density at radius 3 is 2.38 bits per heavy atom. The number of esters is 1. The topological polar surface area (TPSA) is 107 Å². The van der Waals surface area contributed by atoms with Crippen molar-refractivity contribution in [2.24, 2.45) is 0 Å². The third-order valence-corrected chi connectivity index (χ3v) is 6.49. The summed E-state index contributed by atoms with van der Waals surface area (Å²) >= 11 is 0. The van der Waals surface area contributed by atoms with Crippen LogP contribution in [0.5, 0.6) is 11.5 Å². The molecule has 0 aliphatic rings. The molecule has 0 saturated heterocycles. The van der Waals surface area contributed by atoms with Crippen LogP contribution in [0.4, 0.5) is 0 Å². The first-order chi connectivity index (χ1) is 19.5. The summed E-state index contributed by atoms with van der Waals surface area (Å²) in [5.74, 6) is 0.0977. The number of H-pyrrole nitrogens is 1. The van der Waals surface area contributed by atoms with E-state index in [1.54, 1.807) is 31.6 Å². The fourth-order valence-corrected chi connectivity index (χ4v) is 4.44. The van der Waals surface area contributed by atoms with Gasteiger partial charge in [0.1, 0.15) is 18.3 Å². The molecule has 9 nitrogen and oxygen atoms in total. The van der Waals surface area contributed by atoms with Crippen LogP contribution in [0.1, 0.15) is 27.3 Å². The molecule has 2 heterocycles. The SMILES string of the molecule is COC(=O)[C@@H](Cc1cn(Cc2ccccc2)cn1)NC(=O)c1cc2cc(OC)c(OCc3ccccc3)cc2[nH]1. The van der Waals surface area contributed by atoms with Gasteiger partial charge in [-0.25, -0.2) is 9.78 Å². The Balaban J connectivity index is 1.29. The molecule has 3 aromatic carbocycles. The maximum absolute atomic E-state index is 13.2. The van der Waals surface area contributed by atoms with Crippen LogP contribution in [0.3, 0.4) is 0 Å². The number of aromatic amines is 1. The van der Waals surface area contributed by atoms with E-state index in [-0.39, 0.29) is 6.42 Å². The van der Waals surface area contributed by atoms with Gasteiger partial charge in [-0.2, -0.15) is 0 Å². The number of nitrogens with one attached hydrogen (secondary N) is 2. The molecule has 9 heteroatoms. The lowest BCUT2D eigenvalue weighted by molar-refractivity contribution is -0.142. The Labute approximate surface area is 231 Å². The molecular weight excluding hydrogens is 508 g/mol. The normalized spacial score (nSPS) is 11.7. The molecular formula is C31H30N4O5. The second-order valence-electron chi connectivity index (χ2n) is 9.32. The summed E-state index contributed by atoms with van der Waals surface area (Å²) in [5, 5.41) is 3.55. The molecule has 2 aromatic heterocycles. The van der Waals surface area contributed by atoms with Crippen LogP contribution in [0.15, 0.2) is 91.4 Å². The van der Waals surface area contributed by atoms with Crippen molar-refractivity contribution in [1.29, 1.82) is 0 Å². The van der Waals surface area contributed by atoms with Crippen molar-refractivity contribution >= 4 is 22.8 Å². The van der Waals surface area contributed by atoms with Crippen molar-refractivity contribution in [2.75, 3.05) is 14.2 Å². The lowest BCUT2D eigenvalue weighted by Crippen LogP contribution is -2.43. The molecule has 0 fully saturated rings. The second kappa shape index (κ2) is 12.2. The molecule has 0 unspecified atom stereocenters. The fourth-order valence-electron chi connectivity index (χ4n) is 4.44. The average Bonchev–Trinajstić information content (AvgIpc) is 3.62. The Bertz CT molecular complexity index is 1590. The molecule has 0 saturated carbocycles. The van der Waals surface area contributed by atoms with Gasteiger partial charge >= 0.3 is 5.97 Å². The van der Waals surface area contributed by atoms with Gasteiger partial charge in [-0.3, -0.25) is 4.79 Å². The predicted molar refractivity (Wildman–Crippen MR) is 150 cm³/mol. The van der Waals surface area contributed by atoms with Gasteiger partial charge < -0.3 is 29.1 Å². The number of ether oxygens (including phenoxy) is 3. The molecule has 204 valence electrons. The fraction of sp³-hybridized carbons (Fsp3) is 0.194.